The van der Waals surface area contributed by atoms with Gasteiger partial charge >= 0.3 is 0 Å². The zero-order chi connectivity index (χ0) is 13.8. The van der Waals surface area contributed by atoms with Gasteiger partial charge in [0.05, 0.1) is 6.54 Å². The van der Waals surface area contributed by atoms with Gasteiger partial charge in [0.1, 0.15) is 5.82 Å². The third-order valence-corrected chi connectivity index (χ3v) is 3.70. The second kappa shape index (κ2) is 6.32. The number of carbonyl (C=O) groups excluding carboxylic acids is 1. The van der Waals surface area contributed by atoms with E-state index in [1.165, 1.54) is 6.07 Å². The van der Waals surface area contributed by atoms with E-state index in [0.717, 1.165) is 0 Å². The molecule has 1 heterocycles. The molecule has 0 aliphatic carbocycles. The average molecular weight is 286 g/mol. The van der Waals surface area contributed by atoms with E-state index < -0.39 is 0 Å². The molecular formula is C13H17ClFN3O. The van der Waals surface area contributed by atoms with Crippen molar-refractivity contribution in [2.45, 2.75) is 6.54 Å². The van der Waals surface area contributed by atoms with E-state index in [1.807, 2.05) is 0 Å². The highest BCUT2D eigenvalue weighted by Crippen LogP contribution is 2.21. The van der Waals surface area contributed by atoms with Crippen molar-refractivity contribution < 1.29 is 9.18 Å². The fraction of sp³-hybridized carbons (Fsp3) is 0.462. The third kappa shape index (κ3) is 3.43. The molecule has 6 heteroatoms. The quantitative estimate of drug-likeness (QED) is 0.904. The minimum Gasteiger partial charge on any atom is -0.339 e. The summed E-state index contributed by atoms with van der Waals surface area (Å²) in [6.45, 7) is 3.17. The van der Waals surface area contributed by atoms with Crippen molar-refractivity contribution in [3.63, 3.8) is 0 Å². The first-order valence-corrected chi connectivity index (χ1v) is 6.62. The van der Waals surface area contributed by atoms with Gasteiger partial charge < -0.3 is 10.6 Å². The minimum atomic E-state index is -0.284. The molecule has 1 saturated heterocycles. The summed E-state index contributed by atoms with van der Waals surface area (Å²) in [5.74, 6) is -0.323. The van der Waals surface area contributed by atoms with Gasteiger partial charge in [0.2, 0.25) is 5.91 Å². The smallest absolute Gasteiger partial charge is 0.236 e. The van der Waals surface area contributed by atoms with E-state index in [4.69, 9.17) is 17.3 Å². The van der Waals surface area contributed by atoms with E-state index >= 15 is 0 Å². The van der Waals surface area contributed by atoms with Crippen LogP contribution in [-0.4, -0.2) is 48.4 Å². The monoisotopic (exact) mass is 285 g/mol. The number of benzene rings is 1. The van der Waals surface area contributed by atoms with Crippen molar-refractivity contribution in [3.05, 3.63) is 34.6 Å². The highest BCUT2D eigenvalue weighted by atomic mass is 35.5. The number of rotatable bonds is 3. The van der Waals surface area contributed by atoms with E-state index in [1.54, 1.807) is 17.0 Å². The molecule has 0 aromatic heterocycles. The van der Waals surface area contributed by atoms with Crippen LogP contribution in [0.4, 0.5) is 4.39 Å². The molecule has 0 bridgehead atoms. The highest BCUT2D eigenvalue weighted by Gasteiger charge is 2.21. The van der Waals surface area contributed by atoms with Gasteiger partial charge in [-0.1, -0.05) is 17.7 Å². The Morgan fingerprint density at radius 2 is 2.00 bits per heavy atom. The van der Waals surface area contributed by atoms with Crippen LogP contribution in [-0.2, 0) is 11.3 Å². The molecule has 1 fully saturated rings. The number of halogens is 2. The van der Waals surface area contributed by atoms with Gasteiger partial charge in [-0.05, 0) is 12.1 Å². The Morgan fingerprint density at radius 1 is 1.32 bits per heavy atom. The normalized spacial score (nSPS) is 16.7. The van der Waals surface area contributed by atoms with Crippen LogP contribution >= 0.6 is 11.6 Å². The maximum atomic E-state index is 13.7. The number of nitrogens with two attached hydrogens (primary N) is 1. The number of carbonyl (C=O) groups is 1. The summed E-state index contributed by atoms with van der Waals surface area (Å²) in [4.78, 5) is 15.3. The van der Waals surface area contributed by atoms with Gasteiger partial charge in [-0.3, -0.25) is 9.69 Å². The number of piperazine rings is 1. The van der Waals surface area contributed by atoms with E-state index in [2.05, 4.69) is 4.90 Å². The summed E-state index contributed by atoms with van der Waals surface area (Å²) < 4.78 is 13.7. The van der Waals surface area contributed by atoms with Gasteiger partial charge in [-0.15, -0.1) is 0 Å². The van der Waals surface area contributed by atoms with Crippen molar-refractivity contribution in [1.82, 2.24) is 9.80 Å². The molecule has 1 aromatic rings. The van der Waals surface area contributed by atoms with Crippen molar-refractivity contribution in [2.24, 2.45) is 5.73 Å². The van der Waals surface area contributed by atoms with Gasteiger partial charge in [-0.2, -0.15) is 0 Å². The van der Waals surface area contributed by atoms with Crippen molar-refractivity contribution in [2.75, 3.05) is 32.7 Å². The van der Waals surface area contributed by atoms with Gasteiger partial charge in [0.25, 0.3) is 0 Å². The molecule has 1 amide bonds. The van der Waals surface area contributed by atoms with E-state index in [9.17, 15) is 9.18 Å². The largest absolute Gasteiger partial charge is 0.339 e. The van der Waals surface area contributed by atoms with Crippen molar-refractivity contribution >= 4 is 17.5 Å². The molecule has 4 nitrogen and oxygen atoms in total. The molecule has 0 atom stereocenters. The Bertz CT molecular complexity index is 441. The van der Waals surface area contributed by atoms with Crippen molar-refractivity contribution in [1.29, 1.82) is 0 Å². The van der Waals surface area contributed by atoms with Crippen LogP contribution in [0.5, 0.6) is 0 Å². The Balaban J connectivity index is 1.94. The Morgan fingerprint density at radius 3 is 2.58 bits per heavy atom. The lowest BCUT2D eigenvalue weighted by atomic mass is 10.2. The lowest BCUT2D eigenvalue weighted by Gasteiger charge is -2.34. The zero-order valence-corrected chi connectivity index (χ0v) is 11.4. The van der Waals surface area contributed by atoms with Gasteiger partial charge in [0, 0.05) is 43.3 Å². The highest BCUT2D eigenvalue weighted by molar-refractivity contribution is 6.31. The summed E-state index contributed by atoms with van der Waals surface area (Å²) in [7, 11) is 0. The number of amides is 1. The molecule has 1 aliphatic heterocycles. The van der Waals surface area contributed by atoms with Crippen LogP contribution in [0.25, 0.3) is 0 Å². The topological polar surface area (TPSA) is 49.6 Å². The second-order valence-electron chi connectivity index (χ2n) is 4.56. The standard InChI is InChI=1S/C13H17ClFN3O/c14-11-2-1-3-12(15)10(11)9-17-4-6-18(7-5-17)13(19)8-16/h1-3H,4-9,16H2. The summed E-state index contributed by atoms with van der Waals surface area (Å²) in [5, 5.41) is 0.445. The summed E-state index contributed by atoms with van der Waals surface area (Å²) in [6, 6.07) is 4.70. The van der Waals surface area contributed by atoms with Crippen LogP contribution in [0.15, 0.2) is 18.2 Å². The fourth-order valence-electron chi connectivity index (χ4n) is 2.19. The Hall–Kier alpha value is -1.17. The lowest BCUT2D eigenvalue weighted by molar-refractivity contribution is -0.131. The predicted octanol–water partition coefficient (Wildman–Crippen LogP) is 1.08. The molecular weight excluding hydrogens is 269 g/mol. The van der Waals surface area contributed by atoms with Gasteiger partial charge in [-0.25, -0.2) is 4.39 Å². The molecule has 0 saturated carbocycles. The molecule has 1 aromatic carbocycles. The van der Waals surface area contributed by atoms with Crippen LogP contribution < -0.4 is 5.73 Å². The SMILES string of the molecule is NCC(=O)N1CCN(Cc2c(F)cccc2Cl)CC1. The van der Waals surface area contributed by atoms with Crippen LogP contribution in [0.1, 0.15) is 5.56 Å². The zero-order valence-electron chi connectivity index (χ0n) is 10.6. The average Bonchev–Trinajstić information content (AvgIpc) is 2.43. The first-order valence-electron chi connectivity index (χ1n) is 6.25. The first kappa shape index (κ1) is 14.2. The van der Waals surface area contributed by atoms with Crippen LogP contribution in [0.3, 0.4) is 0 Å². The molecule has 104 valence electrons. The summed E-state index contributed by atoms with van der Waals surface area (Å²) >= 11 is 6.00. The first-order chi connectivity index (χ1) is 9.11. The molecule has 19 heavy (non-hydrogen) atoms. The predicted molar refractivity (Wildman–Crippen MR) is 72.3 cm³/mol. The lowest BCUT2D eigenvalue weighted by Crippen LogP contribution is -2.49. The minimum absolute atomic E-state index is 0.0384. The maximum absolute atomic E-state index is 13.7. The molecule has 0 radical (unpaired) electrons. The molecule has 1 aliphatic rings. The van der Waals surface area contributed by atoms with Crippen LogP contribution in [0, 0.1) is 5.82 Å². The fourth-order valence-corrected chi connectivity index (χ4v) is 2.41. The van der Waals surface area contributed by atoms with E-state index in [-0.39, 0.29) is 18.3 Å². The number of nitrogens with zero attached hydrogens (tertiary/aromatic N) is 2. The number of hydrogen-bond acceptors (Lipinski definition) is 3. The maximum Gasteiger partial charge on any atom is 0.236 e. The van der Waals surface area contributed by atoms with Crippen LogP contribution in [0.2, 0.25) is 5.02 Å². The second-order valence-corrected chi connectivity index (χ2v) is 4.97. The molecule has 0 spiro atoms. The number of hydrogen-bond donors (Lipinski definition) is 1. The van der Waals surface area contributed by atoms with E-state index in [0.29, 0.717) is 43.3 Å². The summed E-state index contributed by atoms with van der Waals surface area (Å²) in [5.41, 5.74) is 5.85. The van der Waals surface area contributed by atoms with Crippen molar-refractivity contribution in [3.8, 4) is 0 Å². The summed E-state index contributed by atoms with van der Waals surface area (Å²) in [6.07, 6.45) is 0. The molecule has 2 rings (SSSR count). The Kier molecular flexibility index (Phi) is 4.74. The molecule has 0 unspecified atom stereocenters. The van der Waals surface area contributed by atoms with Gasteiger partial charge in [0.15, 0.2) is 0 Å². The Labute approximate surface area is 116 Å². The molecule has 2 N–H and O–H groups in total. The third-order valence-electron chi connectivity index (χ3n) is 3.34.